The molecule has 0 aliphatic carbocycles. The van der Waals surface area contributed by atoms with E-state index in [1.54, 1.807) is 0 Å². The number of hydrogen-bond acceptors (Lipinski definition) is 3. The zero-order chi connectivity index (χ0) is 51.6. The Labute approximate surface area is 479 Å². The Kier molecular flexibility index (Phi) is 9.67. The summed E-state index contributed by atoms with van der Waals surface area (Å²) in [6.07, 6.45) is 9.26. The van der Waals surface area contributed by atoms with Gasteiger partial charge < -0.3 is 18.1 Å². The molecule has 16 aromatic rings. The maximum atomic E-state index is 6.72. The third-order valence-corrected chi connectivity index (χ3v) is 22.0. The van der Waals surface area contributed by atoms with Crippen molar-refractivity contribution in [1.82, 2.24) is 13.7 Å². The number of halogens is 2. The molecular formula is C71H41I2N3OS2. The van der Waals surface area contributed by atoms with Gasteiger partial charge in [0.25, 0.3) is 0 Å². The summed E-state index contributed by atoms with van der Waals surface area (Å²) < 4.78 is 28.9. The van der Waals surface area contributed by atoms with Crippen molar-refractivity contribution >= 4 is 211 Å². The molecule has 0 unspecified atom stereocenters. The van der Waals surface area contributed by atoms with Gasteiger partial charge in [-0.05, 0) is 136 Å². The van der Waals surface area contributed by atoms with E-state index < -0.39 is 0 Å². The van der Waals surface area contributed by atoms with Crippen LogP contribution < -0.4 is 0 Å². The lowest BCUT2D eigenvalue weighted by molar-refractivity contribution is 0.671. The van der Waals surface area contributed by atoms with Crippen LogP contribution in [0.3, 0.4) is 0 Å². The van der Waals surface area contributed by atoms with E-state index in [0.29, 0.717) is 0 Å². The Morgan fingerprint density at radius 2 is 0.924 bits per heavy atom. The van der Waals surface area contributed by atoms with Gasteiger partial charge in [0, 0.05) is 91.1 Å². The monoisotopic (exact) mass is 1270 g/mol. The molecule has 0 fully saturated rings. The number of aromatic nitrogens is 3. The number of allylic oxidation sites excluding steroid dienone is 6. The first kappa shape index (κ1) is 44.9. The summed E-state index contributed by atoms with van der Waals surface area (Å²) in [6.45, 7) is 2.20. The second kappa shape index (κ2) is 17.0. The molecule has 8 heteroatoms. The van der Waals surface area contributed by atoms with Crippen molar-refractivity contribution in [3.8, 4) is 27.9 Å². The molecule has 8 heterocycles. The van der Waals surface area contributed by atoms with Crippen LogP contribution in [0.25, 0.3) is 167 Å². The SMILES string of the molecule is Cc1cccc(-n2c3cc(-c4ccc5c(c4)sc4c5ccc5c6ccccc6n(C6=CC=IC=C6)c54)ccc3c3ccc4c5cc(-c6ccc7c8ccc9c%10ccccc%10oc9c8n(C8=CC=IC=C8)c7c6)ccc5sc4c32)c1. The Morgan fingerprint density at radius 1 is 0.380 bits per heavy atom. The van der Waals surface area contributed by atoms with Gasteiger partial charge in [-0.3, -0.25) is 0 Å². The van der Waals surface area contributed by atoms with E-state index >= 15 is 0 Å². The smallest absolute Gasteiger partial charge is 0.160 e. The number of para-hydroxylation sites is 2. The van der Waals surface area contributed by atoms with Crippen molar-refractivity contribution in [3.63, 3.8) is 0 Å². The highest BCUT2D eigenvalue weighted by Gasteiger charge is 2.24. The van der Waals surface area contributed by atoms with Crippen molar-refractivity contribution in [2.45, 2.75) is 6.92 Å². The summed E-state index contributed by atoms with van der Waals surface area (Å²) in [7, 11) is 0. The number of furan rings is 1. The van der Waals surface area contributed by atoms with Crippen LogP contribution in [0, 0.1) is 6.92 Å². The third kappa shape index (κ3) is 6.51. The summed E-state index contributed by atoms with van der Waals surface area (Å²) >= 11 is 3.72. The number of benzene rings is 10. The summed E-state index contributed by atoms with van der Waals surface area (Å²) in [5.41, 5.74) is 18.8. The van der Waals surface area contributed by atoms with Crippen LogP contribution in [-0.4, -0.2) is 21.7 Å². The van der Waals surface area contributed by atoms with E-state index in [1.807, 2.05) is 22.7 Å². The number of nitrogens with zero attached hydrogens (tertiary/aromatic N) is 3. The van der Waals surface area contributed by atoms with Crippen LogP contribution in [0.2, 0.25) is 0 Å². The second-order valence-electron chi connectivity index (χ2n) is 20.8. The molecule has 79 heavy (non-hydrogen) atoms. The van der Waals surface area contributed by atoms with Crippen molar-refractivity contribution in [2.24, 2.45) is 0 Å². The molecule has 0 saturated carbocycles. The van der Waals surface area contributed by atoms with Crippen molar-refractivity contribution in [3.05, 3.63) is 220 Å². The Morgan fingerprint density at radius 3 is 1.65 bits per heavy atom. The van der Waals surface area contributed by atoms with Gasteiger partial charge in [0.15, 0.2) is 5.58 Å². The summed E-state index contributed by atoms with van der Waals surface area (Å²) in [5.74, 6) is 0. The zero-order valence-electron chi connectivity index (χ0n) is 42.3. The van der Waals surface area contributed by atoms with E-state index in [1.165, 1.54) is 145 Å². The number of aryl methyl sites for hydroxylation is 1. The van der Waals surface area contributed by atoms with E-state index in [2.05, 4.69) is 243 Å². The van der Waals surface area contributed by atoms with Gasteiger partial charge in [0.1, 0.15) is 5.58 Å². The molecular weight excluding hydrogens is 1230 g/mol. The van der Waals surface area contributed by atoms with E-state index in [9.17, 15) is 0 Å². The van der Waals surface area contributed by atoms with Crippen molar-refractivity contribution in [2.75, 3.05) is 0 Å². The fourth-order valence-electron chi connectivity index (χ4n) is 13.1. The minimum Gasteiger partial charge on any atom is -0.454 e. The van der Waals surface area contributed by atoms with Crippen molar-refractivity contribution in [1.29, 1.82) is 0 Å². The highest BCUT2D eigenvalue weighted by Crippen LogP contribution is 2.48. The standard InChI is InChI=1S/C71H41I2N3OS2/c1-40-7-6-8-47(35-40)76-62-38-43(44-15-19-52-57-24-21-54-48-9-2-4-11-60(48)74(45-27-31-72-32-28-45)67(54)70(57)79-65(52)39-44)14-18-50(62)55-22-25-58-59-36-41(16-26-64(59)78-71(58)68(55)76)42-13-17-49-53-20-23-56-51-10-3-5-12-63(51)77-69(56)66(53)75(61(49)37-42)46-29-33-73-34-30-46/h2-39H,1H3. The molecule has 2 aliphatic rings. The molecule has 4 nitrogen and oxygen atoms in total. The van der Waals surface area contributed by atoms with Crippen LogP contribution in [0.4, 0.5) is 0 Å². The average molecular weight is 1270 g/mol. The van der Waals surface area contributed by atoms with Gasteiger partial charge in [-0.1, -0.05) is 163 Å². The highest BCUT2D eigenvalue weighted by atomic mass is 127. The van der Waals surface area contributed by atoms with Gasteiger partial charge >= 0.3 is 0 Å². The van der Waals surface area contributed by atoms with Gasteiger partial charge in [0.05, 0.1) is 42.5 Å². The number of rotatable bonds is 5. The quantitative estimate of drug-likeness (QED) is 0.158. The van der Waals surface area contributed by atoms with Gasteiger partial charge in [0.2, 0.25) is 0 Å². The molecule has 6 aromatic heterocycles. The first-order valence-corrected chi connectivity index (χ1v) is 33.1. The fraction of sp³-hybridized carbons (Fsp3) is 0.0141. The first-order valence-electron chi connectivity index (χ1n) is 26.5. The maximum Gasteiger partial charge on any atom is 0.160 e. The Balaban J connectivity index is 0.802. The Hall–Kier alpha value is -8.00. The van der Waals surface area contributed by atoms with Crippen LogP contribution in [0.5, 0.6) is 0 Å². The van der Waals surface area contributed by atoms with E-state index in [4.69, 9.17) is 4.42 Å². The van der Waals surface area contributed by atoms with E-state index in [-0.39, 0.29) is 41.5 Å². The largest absolute Gasteiger partial charge is 0.454 e. The average Bonchev–Trinajstić information content (AvgIpc) is 4.54. The van der Waals surface area contributed by atoms with E-state index in [0.717, 1.165) is 27.5 Å². The molecule has 0 N–H and O–H groups in total. The van der Waals surface area contributed by atoms with Crippen LogP contribution >= 0.6 is 64.1 Å². The predicted octanol–water partition coefficient (Wildman–Crippen LogP) is 21.6. The molecule has 0 atom stereocenters. The highest BCUT2D eigenvalue weighted by molar-refractivity contribution is 14.2. The lowest BCUT2D eigenvalue weighted by Gasteiger charge is -2.11. The lowest BCUT2D eigenvalue weighted by atomic mass is 10.00. The number of fused-ring (bicyclic) bond motifs is 21. The number of hydrogen-bond donors (Lipinski definition) is 0. The minimum absolute atomic E-state index is 0.0279. The third-order valence-electron chi connectivity index (χ3n) is 16.6. The summed E-state index contributed by atoms with van der Waals surface area (Å²) in [4.78, 5) is 0. The molecule has 0 radical (unpaired) electrons. The Bertz CT molecular complexity index is 5640. The maximum absolute atomic E-state index is 6.72. The molecule has 0 spiro atoms. The lowest BCUT2D eigenvalue weighted by Crippen LogP contribution is -1.96. The predicted molar refractivity (Wildman–Crippen MR) is 362 cm³/mol. The van der Waals surface area contributed by atoms with Crippen molar-refractivity contribution < 1.29 is 4.42 Å². The molecule has 10 aromatic carbocycles. The van der Waals surface area contributed by atoms with Crippen LogP contribution in [0.15, 0.2) is 219 Å². The normalized spacial score (nSPS) is 14.0. The van der Waals surface area contributed by atoms with Gasteiger partial charge in [-0.15, -0.1) is 22.7 Å². The van der Waals surface area contributed by atoms with Gasteiger partial charge in [-0.25, -0.2) is 0 Å². The molecule has 0 amide bonds. The molecule has 372 valence electrons. The number of thiophene rings is 2. The van der Waals surface area contributed by atoms with Gasteiger partial charge in [-0.2, -0.15) is 0 Å². The fourth-order valence-corrected chi connectivity index (χ4v) is 18.4. The molecule has 0 bridgehead atoms. The molecule has 2 aliphatic heterocycles. The summed E-state index contributed by atoms with van der Waals surface area (Å²) in [5, 5.41) is 15.0. The topological polar surface area (TPSA) is 27.9 Å². The zero-order valence-corrected chi connectivity index (χ0v) is 48.2. The minimum atomic E-state index is -0.0886. The molecule has 0 saturated heterocycles. The van der Waals surface area contributed by atoms with Crippen LogP contribution in [0.1, 0.15) is 5.56 Å². The second-order valence-corrected chi connectivity index (χ2v) is 27.3. The van der Waals surface area contributed by atoms with Crippen LogP contribution in [-0.2, 0) is 0 Å². The summed E-state index contributed by atoms with van der Waals surface area (Å²) in [6, 6.07) is 68.7. The molecule has 18 rings (SSSR count). The first-order chi connectivity index (χ1) is 39.1.